The minimum Gasteiger partial charge on any atom is -0.454 e. The van der Waals surface area contributed by atoms with Gasteiger partial charge in [0.25, 0.3) is 0 Å². The van der Waals surface area contributed by atoms with E-state index >= 15 is 0 Å². The van der Waals surface area contributed by atoms with Crippen LogP contribution in [0.4, 0.5) is 0 Å². The summed E-state index contributed by atoms with van der Waals surface area (Å²) in [6.07, 6.45) is 0. The van der Waals surface area contributed by atoms with Gasteiger partial charge in [-0.25, -0.2) is 0 Å². The van der Waals surface area contributed by atoms with Crippen molar-refractivity contribution in [1.29, 1.82) is 0 Å². The average Bonchev–Trinajstić information content (AvgIpc) is 2.77. The highest BCUT2D eigenvalue weighted by Crippen LogP contribution is 2.48. The molecule has 15 heavy (non-hydrogen) atoms. The SMILES string of the molecule is c1cc2c(cc1C1SCSCS1)OCO2. The minimum atomic E-state index is 0.361. The molecule has 5 heteroatoms. The number of ether oxygens (including phenoxy) is 2. The Morgan fingerprint density at radius 2 is 1.87 bits per heavy atom. The van der Waals surface area contributed by atoms with E-state index in [1.165, 1.54) is 15.7 Å². The summed E-state index contributed by atoms with van der Waals surface area (Å²) >= 11 is 5.97. The van der Waals surface area contributed by atoms with Crippen molar-refractivity contribution in [3.63, 3.8) is 0 Å². The Morgan fingerprint density at radius 3 is 2.73 bits per heavy atom. The van der Waals surface area contributed by atoms with E-state index in [0.717, 1.165) is 11.5 Å². The molecular weight excluding hydrogens is 248 g/mol. The van der Waals surface area contributed by atoms with Crippen LogP contribution in [-0.2, 0) is 0 Å². The molecule has 1 aromatic rings. The normalized spacial score (nSPS) is 20.5. The van der Waals surface area contributed by atoms with Gasteiger partial charge in [0.15, 0.2) is 11.5 Å². The summed E-state index contributed by atoms with van der Waals surface area (Å²) in [5, 5.41) is 2.37. The topological polar surface area (TPSA) is 18.5 Å². The molecule has 0 bridgehead atoms. The van der Waals surface area contributed by atoms with Crippen LogP contribution < -0.4 is 9.47 Å². The largest absolute Gasteiger partial charge is 0.454 e. The first-order valence-electron chi connectivity index (χ1n) is 4.64. The molecular formula is C10H10O2S3. The number of hydrogen-bond donors (Lipinski definition) is 0. The van der Waals surface area contributed by atoms with Gasteiger partial charge in [0.05, 0.1) is 4.58 Å². The number of benzene rings is 1. The maximum atomic E-state index is 5.38. The van der Waals surface area contributed by atoms with Gasteiger partial charge in [0.1, 0.15) is 0 Å². The van der Waals surface area contributed by atoms with Crippen molar-refractivity contribution in [2.75, 3.05) is 17.0 Å². The van der Waals surface area contributed by atoms with E-state index in [1.54, 1.807) is 0 Å². The molecule has 0 atom stereocenters. The van der Waals surface area contributed by atoms with Crippen LogP contribution in [0, 0.1) is 0 Å². The Labute approximate surface area is 101 Å². The standard InChI is InChI=1S/C10H10O2S3/c1-2-8-9(12-4-11-8)3-7(1)10-14-5-13-6-15-10/h1-3,10H,4-6H2. The zero-order valence-corrected chi connectivity index (χ0v) is 10.4. The summed E-state index contributed by atoms with van der Waals surface area (Å²) in [6.45, 7) is 0.361. The molecule has 0 saturated carbocycles. The fourth-order valence-electron chi connectivity index (χ4n) is 1.55. The van der Waals surface area contributed by atoms with E-state index < -0.39 is 0 Å². The summed E-state index contributed by atoms with van der Waals surface area (Å²) in [4.78, 5) is 0. The van der Waals surface area contributed by atoms with Gasteiger partial charge in [-0.3, -0.25) is 0 Å². The van der Waals surface area contributed by atoms with Crippen molar-refractivity contribution in [1.82, 2.24) is 0 Å². The number of thioether (sulfide) groups is 3. The van der Waals surface area contributed by atoms with E-state index in [9.17, 15) is 0 Å². The molecule has 0 spiro atoms. The summed E-state index contributed by atoms with van der Waals surface area (Å²) in [5.41, 5.74) is 1.34. The number of hydrogen-bond acceptors (Lipinski definition) is 5. The fourth-order valence-corrected chi connectivity index (χ4v) is 6.26. The van der Waals surface area contributed by atoms with Crippen molar-refractivity contribution in [3.05, 3.63) is 23.8 Å². The molecule has 3 rings (SSSR count). The third-order valence-electron chi connectivity index (χ3n) is 2.27. The van der Waals surface area contributed by atoms with Crippen LogP contribution in [0.15, 0.2) is 18.2 Å². The smallest absolute Gasteiger partial charge is 0.231 e. The molecule has 0 aromatic heterocycles. The summed E-state index contributed by atoms with van der Waals surface area (Å²) in [7, 11) is 0. The number of rotatable bonds is 1. The molecule has 0 amide bonds. The number of fused-ring (bicyclic) bond motifs is 1. The second-order valence-electron chi connectivity index (χ2n) is 3.22. The zero-order valence-electron chi connectivity index (χ0n) is 7.97. The maximum absolute atomic E-state index is 5.38. The molecule has 0 N–H and O–H groups in total. The summed E-state index contributed by atoms with van der Waals surface area (Å²) in [5.74, 6) is 1.77. The predicted octanol–water partition coefficient (Wildman–Crippen LogP) is 3.54. The Kier molecular flexibility index (Phi) is 2.94. The molecule has 1 fully saturated rings. The molecule has 0 radical (unpaired) electrons. The molecule has 2 nitrogen and oxygen atoms in total. The van der Waals surface area contributed by atoms with E-state index in [-0.39, 0.29) is 0 Å². The van der Waals surface area contributed by atoms with Gasteiger partial charge < -0.3 is 9.47 Å². The van der Waals surface area contributed by atoms with E-state index in [0.29, 0.717) is 11.4 Å². The van der Waals surface area contributed by atoms with Gasteiger partial charge in [-0.15, -0.1) is 35.3 Å². The summed E-state index contributed by atoms with van der Waals surface area (Å²) in [6, 6.07) is 6.28. The van der Waals surface area contributed by atoms with Crippen LogP contribution in [0.1, 0.15) is 10.1 Å². The molecule has 1 aromatic carbocycles. The van der Waals surface area contributed by atoms with Gasteiger partial charge in [-0.1, -0.05) is 6.07 Å². The fraction of sp³-hybridized carbons (Fsp3) is 0.400. The lowest BCUT2D eigenvalue weighted by atomic mass is 10.2. The van der Waals surface area contributed by atoms with Crippen molar-refractivity contribution >= 4 is 35.3 Å². The average molecular weight is 258 g/mol. The van der Waals surface area contributed by atoms with Gasteiger partial charge in [0, 0.05) is 10.2 Å². The van der Waals surface area contributed by atoms with Crippen molar-refractivity contribution in [2.45, 2.75) is 4.58 Å². The van der Waals surface area contributed by atoms with Crippen molar-refractivity contribution < 1.29 is 9.47 Å². The first-order valence-corrected chi connectivity index (χ1v) is 7.89. The molecule has 1 saturated heterocycles. The van der Waals surface area contributed by atoms with Crippen LogP contribution >= 0.6 is 35.3 Å². The Bertz CT molecular complexity index is 364. The third-order valence-corrected chi connectivity index (χ3v) is 6.66. The van der Waals surface area contributed by atoms with Gasteiger partial charge in [0.2, 0.25) is 6.79 Å². The lowest BCUT2D eigenvalue weighted by molar-refractivity contribution is 0.174. The lowest BCUT2D eigenvalue weighted by Gasteiger charge is -2.20. The Morgan fingerprint density at radius 1 is 1.07 bits per heavy atom. The minimum absolute atomic E-state index is 0.361. The Hall–Kier alpha value is -0.130. The molecule has 0 aliphatic carbocycles. The quantitative estimate of drug-likeness (QED) is 0.764. The molecule has 0 unspecified atom stereocenters. The van der Waals surface area contributed by atoms with Crippen LogP contribution in [0.25, 0.3) is 0 Å². The van der Waals surface area contributed by atoms with Crippen LogP contribution in [0.3, 0.4) is 0 Å². The van der Waals surface area contributed by atoms with Gasteiger partial charge in [-0.05, 0) is 17.7 Å². The monoisotopic (exact) mass is 258 g/mol. The van der Waals surface area contributed by atoms with Crippen molar-refractivity contribution in [3.8, 4) is 11.5 Å². The molecule has 2 heterocycles. The lowest BCUT2D eigenvalue weighted by Crippen LogP contribution is -1.95. The van der Waals surface area contributed by atoms with Crippen LogP contribution in [0.2, 0.25) is 0 Å². The van der Waals surface area contributed by atoms with E-state index in [1.807, 2.05) is 41.4 Å². The Balaban J connectivity index is 1.85. The third kappa shape index (κ3) is 2.05. The molecule has 80 valence electrons. The molecule has 2 aliphatic rings. The van der Waals surface area contributed by atoms with E-state index in [2.05, 4.69) is 12.1 Å². The second kappa shape index (κ2) is 4.39. The second-order valence-corrected chi connectivity index (χ2v) is 7.42. The van der Waals surface area contributed by atoms with Gasteiger partial charge >= 0.3 is 0 Å². The van der Waals surface area contributed by atoms with E-state index in [4.69, 9.17) is 9.47 Å². The highest BCUT2D eigenvalue weighted by molar-refractivity contribution is 8.32. The highest BCUT2D eigenvalue weighted by atomic mass is 32.3. The first-order chi connectivity index (χ1) is 7.43. The van der Waals surface area contributed by atoms with Crippen LogP contribution in [-0.4, -0.2) is 17.0 Å². The van der Waals surface area contributed by atoms with Crippen molar-refractivity contribution in [2.24, 2.45) is 0 Å². The molecule has 2 aliphatic heterocycles. The maximum Gasteiger partial charge on any atom is 0.231 e. The predicted molar refractivity (Wildman–Crippen MR) is 67.8 cm³/mol. The zero-order chi connectivity index (χ0) is 10.1. The first kappa shape index (κ1) is 10.1. The van der Waals surface area contributed by atoms with Crippen LogP contribution in [0.5, 0.6) is 11.5 Å². The van der Waals surface area contributed by atoms with Gasteiger partial charge in [-0.2, -0.15) is 0 Å². The highest BCUT2D eigenvalue weighted by Gasteiger charge is 2.20. The summed E-state index contributed by atoms with van der Waals surface area (Å²) < 4.78 is 11.2.